The van der Waals surface area contributed by atoms with Gasteiger partial charge in [-0.05, 0) is 38.8 Å². The number of nitrogens with zero attached hydrogens (tertiary/aromatic N) is 1. The Labute approximate surface area is 121 Å². The van der Waals surface area contributed by atoms with Crippen LogP contribution in [0.15, 0.2) is 24.3 Å². The zero-order valence-electron chi connectivity index (χ0n) is 12.6. The lowest BCUT2D eigenvalue weighted by atomic mass is 10.1. The number of carbonyl (C=O) groups is 1. The van der Waals surface area contributed by atoms with E-state index in [2.05, 4.69) is 28.4 Å². The molecular weight excluding hydrogens is 250 g/mol. The highest BCUT2D eigenvalue weighted by atomic mass is 16.1. The second-order valence-electron chi connectivity index (χ2n) is 6.46. The van der Waals surface area contributed by atoms with Crippen LogP contribution in [0.5, 0.6) is 0 Å². The Hall–Kier alpha value is -1.55. The van der Waals surface area contributed by atoms with Gasteiger partial charge in [0.2, 0.25) is 5.91 Å². The Kier molecular flexibility index (Phi) is 4.33. The van der Waals surface area contributed by atoms with Crippen LogP contribution in [0.1, 0.15) is 32.8 Å². The van der Waals surface area contributed by atoms with Gasteiger partial charge in [-0.15, -0.1) is 0 Å². The van der Waals surface area contributed by atoms with Crippen molar-refractivity contribution in [3.63, 3.8) is 0 Å². The van der Waals surface area contributed by atoms with Gasteiger partial charge in [0, 0.05) is 36.8 Å². The number of benzene rings is 1. The van der Waals surface area contributed by atoms with E-state index in [1.54, 1.807) is 0 Å². The smallest absolute Gasteiger partial charge is 0.222 e. The predicted octanol–water partition coefficient (Wildman–Crippen LogP) is 1.68. The molecule has 0 saturated heterocycles. The minimum Gasteiger partial charge on any atom is -0.366 e. The summed E-state index contributed by atoms with van der Waals surface area (Å²) in [6, 6.07) is 8.44. The van der Waals surface area contributed by atoms with Gasteiger partial charge in [0.25, 0.3) is 0 Å². The molecule has 1 aliphatic rings. The second-order valence-corrected chi connectivity index (χ2v) is 6.46. The van der Waals surface area contributed by atoms with Gasteiger partial charge in [-0.25, -0.2) is 0 Å². The fraction of sp³-hybridized carbons (Fsp3) is 0.562. The summed E-state index contributed by atoms with van der Waals surface area (Å²) in [5, 5.41) is 3.01. The number of amides is 1. The number of nitrogens with one attached hydrogen (secondary N) is 1. The molecule has 1 unspecified atom stereocenters. The van der Waals surface area contributed by atoms with Crippen LogP contribution in [0.2, 0.25) is 0 Å². The third kappa shape index (κ3) is 3.51. The summed E-state index contributed by atoms with van der Waals surface area (Å²) in [5.41, 5.74) is 8.28. The lowest BCUT2D eigenvalue weighted by molar-refractivity contribution is -0.122. The van der Waals surface area contributed by atoms with Crippen molar-refractivity contribution in [1.29, 1.82) is 0 Å². The van der Waals surface area contributed by atoms with Crippen molar-refractivity contribution in [3.8, 4) is 0 Å². The zero-order chi connectivity index (χ0) is 14.8. The van der Waals surface area contributed by atoms with Crippen LogP contribution in [0, 0.1) is 0 Å². The van der Waals surface area contributed by atoms with Gasteiger partial charge in [0.1, 0.15) is 0 Å². The van der Waals surface area contributed by atoms with Gasteiger partial charge < -0.3 is 16.0 Å². The maximum atomic E-state index is 12.1. The van der Waals surface area contributed by atoms with E-state index in [4.69, 9.17) is 5.73 Å². The molecule has 0 aliphatic carbocycles. The van der Waals surface area contributed by atoms with E-state index in [1.165, 1.54) is 11.3 Å². The highest BCUT2D eigenvalue weighted by molar-refractivity contribution is 5.78. The summed E-state index contributed by atoms with van der Waals surface area (Å²) in [6.07, 6.45) is 1.48. The summed E-state index contributed by atoms with van der Waals surface area (Å²) >= 11 is 0. The van der Waals surface area contributed by atoms with Gasteiger partial charge >= 0.3 is 0 Å². The van der Waals surface area contributed by atoms with E-state index in [1.807, 2.05) is 26.8 Å². The standard InChI is InChI=1S/C16H25N3O/c1-16(2,3)18-15(20)10-13(11-17)19-9-8-12-6-4-5-7-14(12)19/h4-7,13H,8-11,17H2,1-3H3,(H,18,20). The lowest BCUT2D eigenvalue weighted by Crippen LogP contribution is -2.47. The zero-order valence-corrected chi connectivity index (χ0v) is 12.6. The Morgan fingerprint density at radius 2 is 2.10 bits per heavy atom. The average molecular weight is 275 g/mol. The number of hydrogen-bond donors (Lipinski definition) is 2. The van der Waals surface area contributed by atoms with Crippen molar-refractivity contribution >= 4 is 11.6 Å². The van der Waals surface area contributed by atoms with Gasteiger partial charge in [-0.2, -0.15) is 0 Å². The number of hydrogen-bond acceptors (Lipinski definition) is 3. The van der Waals surface area contributed by atoms with E-state index in [0.29, 0.717) is 13.0 Å². The molecule has 3 N–H and O–H groups in total. The van der Waals surface area contributed by atoms with Crippen molar-refractivity contribution in [3.05, 3.63) is 29.8 Å². The van der Waals surface area contributed by atoms with Gasteiger partial charge in [0.15, 0.2) is 0 Å². The van der Waals surface area contributed by atoms with Crippen LogP contribution >= 0.6 is 0 Å². The Balaban J connectivity index is 2.05. The fourth-order valence-corrected chi connectivity index (χ4v) is 2.75. The minimum atomic E-state index is -0.195. The Morgan fingerprint density at radius 1 is 1.40 bits per heavy atom. The maximum absolute atomic E-state index is 12.1. The Bertz CT molecular complexity index is 479. The highest BCUT2D eigenvalue weighted by Crippen LogP contribution is 2.29. The topological polar surface area (TPSA) is 58.4 Å². The van der Waals surface area contributed by atoms with Crippen molar-refractivity contribution in [2.45, 2.75) is 45.2 Å². The summed E-state index contributed by atoms with van der Waals surface area (Å²) in [7, 11) is 0. The molecule has 1 aromatic carbocycles. The maximum Gasteiger partial charge on any atom is 0.222 e. The summed E-state index contributed by atoms with van der Waals surface area (Å²) in [5.74, 6) is 0.0670. The van der Waals surface area contributed by atoms with Gasteiger partial charge in [-0.1, -0.05) is 18.2 Å². The average Bonchev–Trinajstić information content (AvgIpc) is 2.77. The van der Waals surface area contributed by atoms with Crippen LogP contribution < -0.4 is 16.0 Å². The lowest BCUT2D eigenvalue weighted by Gasteiger charge is -2.30. The molecule has 20 heavy (non-hydrogen) atoms. The molecule has 1 aliphatic heterocycles. The molecule has 1 heterocycles. The number of para-hydroxylation sites is 1. The van der Waals surface area contributed by atoms with Crippen LogP contribution in [-0.2, 0) is 11.2 Å². The molecule has 0 radical (unpaired) electrons. The first-order chi connectivity index (χ1) is 9.40. The van der Waals surface area contributed by atoms with Gasteiger partial charge in [-0.3, -0.25) is 4.79 Å². The molecule has 4 heteroatoms. The van der Waals surface area contributed by atoms with Crippen molar-refractivity contribution in [2.24, 2.45) is 5.73 Å². The molecule has 4 nitrogen and oxygen atoms in total. The number of rotatable bonds is 4. The summed E-state index contributed by atoms with van der Waals surface area (Å²) in [4.78, 5) is 14.4. The number of nitrogens with two attached hydrogens (primary N) is 1. The van der Waals surface area contributed by atoms with Crippen LogP contribution in [0.4, 0.5) is 5.69 Å². The highest BCUT2D eigenvalue weighted by Gasteiger charge is 2.27. The molecule has 0 saturated carbocycles. The number of carbonyl (C=O) groups excluding carboxylic acids is 1. The molecule has 0 aromatic heterocycles. The van der Waals surface area contributed by atoms with Gasteiger partial charge in [0.05, 0.1) is 0 Å². The first kappa shape index (κ1) is 14.9. The molecule has 0 fully saturated rings. The fourth-order valence-electron chi connectivity index (χ4n) is 2.75. The quantitative estimate of drug-likeness (QED) is 0.879. The van der Waals surface area contributed by atoms with E-state index in [0.717, 1.165) is 13.0 Å². The van der Waals surface area contributed by atoms with Crippen LogP contribution in [0.25, 0.3) is 0 Å². The van der Waals surface area contributed by atoms with E-state index < -0.39 is 0 Å². The van der Waals surface area contributed by atoms with E-state index in [-0.39, 0.29) is 17.5 Å². The van der Waals surface area contributed by atoms with Crippen molar-refractivity contribution in [1.82, 2.24) is 5.32 Å². The first-order valence-corrected chi connectivity index (χ1v) is 7.26. The number of anilines is 1. The third-order valence-electron chi connectivity index (χ3n) is 3.57. The molecule has 0 spiro atoms. The van der Waals surface area contributed by atoms with Crippen molar-refractivity contribution < 1.29 is 4.79 Å². The SMILES string of the molecule is CC(C)(C)NC(=O)CC(CN)N1CCc2ccccc21. The molecule has 2 rings (SSSR count). The monoisotopic (exact) mass is 275 g/mol. The largest absolute Gasteiger partial charge is 0.366 e. The van der Waals surface area contributed by atoms with E-state index in [9.17, 15) is 4.79 Å². The summed E-state index contributed by atoms with van der Waals surface area (Å²) in [6.45, 7) is 7.42. The third-order valence-corrected chi connectivity index (χ3v) is 3.57. The molecular formula is C16H25N3O. The molecule has 1 aromatic rings. The van der Waals surface area contributed by atoms with E-state index >= 15 is 0 Å². The predicted molar refractivity (Wildman–Crippen MR) is 82.8 cm³/mol. The molecule has 1 atom stereocenters. The molecule has 0 bridgehead atoms. The van der Waals surface area contributed by atoms with Crippen molar-refractivity contribution in [2.75, 3.05) is 18.0 Å². The number of fused-ring (bicyclic) bond motifs is 1. The van der Waals surface area contributed by atoms with Crippen LogP contribution in [0.3, 0.4) is 0 Å². The Morgan fingerprint density at radius 3 is 2.75 bits per heavy atom. The first-order valence-electron chi connectivity index (χ1n) is 7.26. The second kappa shape index (κ2) is 5.83. The van der Waals surface area contributed by atoms with Crippen LogP contribution in [-0.4, -0.2) is 30.6 Å². The minimum absolute atomic E-state index is 0.0670. The summed E-state index contributed by atoms with van der Waals surface area (Å²) < 4.78 is 0. The molecule has 1 amide bonds. The normalized spacial score (nSPS) is 15.9. The molecule has 110 valence electrons.